The van der Waals surface area contributed by atoms with Crippen molar-refractivity contribution in [1.82, 2.24) is 0 Å². The number of methoxy groups -OCH3 is 1. The Morgan fingerprint density at radius 3 is 2.20 bits per heavy atom. The minimum Gasteiger partial charge on any atom is -0.385 e. The zero-order valence-electron chi connectivity index (χ0n) is 10.4. The van der Waals surface area contributed by atoms with Crippen LogP contribution < -0.4 is 0 Å². The molecule has 0 atom stereocenters. The molecular formula is C12H22O3. The number of carbonyl (C=O) groups is 2. The van der Waals surface area contributed by atoms with Crippen molar-refractivity contribution in [2.24, 2.45) is 11.3 Å². The zero-order chi connectivity index (χ0) is 12.1. The lowest BCUT2D eigenvalue weighted by atomic mass is 9.81. The summed E-state index contributed by atoms with van der Waals surface area (Å²) in [5.74, 6) is -0.0316. The van der Waals surface area contributed by atoms with Gasteiger partial charge in [0.25, 0.3) is 0 Å². The second-order valence-electron chi connectivity index (χ2n) is 4.85. The summed E-state index contributed by atoms with van der Waals surface area (Å²) in [6.45, 7) is 7.91. The fourth-order valence-corrected chi connectivity index (χ4v) is 1.10. The molecule has 0 fully saturated rings. The first-order chi connectivity index (χ1) is 6.81. The van der Waals surface area contributed by atoms with Crippen LogP contribution in [0.3, 0.4) is 0 Å². The van der Waals surface area contributed by atoms with Gasteiger partial charge in [-0.15, -0.1) is 0 Å². The number of rotatable bonds is 7. The summed E-state index contributed by atoms with van der Waals surface area (Å²) in [5.41, 5.74) is -0.458. The van der Waals surface area contributed by atoms with E-state index in [2.05, 4.69) is 0 Å². The Morgan fingerprint density at radius 2 is 1.80 bits per heavy atom. The Kier molecular flexibility index (Phi) is 5.73. The van der Waals surface area contributed by atoms with Gasteiger partial charge in [0.15, 0.2) is 0 Å². The number of Topliss-reactive ketones (excluding diaryl/α,β-unsaturated/α-hetero) is 2. The van der Waals surface area contributed by atoms with Gasteiger partial charge >= 0.3 is 0 Å². The highest BCUT2D eigenvalue weighted by Gasteiger charge is 2.28. The van der Waals surface area contributed by atoms with E-state index in [0.29, 0.717) is 13.0 Å². The lowest BCUT2D eigenvalue weighted by Crippen LogP contribution is -2.29. The van der Waals surface area contributed by atoms with E-state index in [-0.39, 0.29) is 23.9 Å². The SMILES string of the molecule is COCCC(C)(C)C(=O)CC(=O)C(C)C. The van der Waals surface area contributed by atoms with Crippen molar-refractivity contribution >= 4 is 11.6 Å². The largest absolute Gasteiger partial charge is 0.385 e. The second kappa shape index (κ2) is 6.01. The van der Waals surface area contributed by atoms with Crippen molar-refractivity contribution in [3.8, 4) is 0 Å². The third-order valence-electron chi connectivity index (χ3n) is 2.66. The lowest BCUT2D eigenvalue weighted by Gasteiger charge is -2.22. The Morgan fingerprint density at radius 1 is 1.27 bits per heavy atom. The quantitative estimate of drug-likeness (QED) is 0.610. The van der Waals surface area contributed by atoms with Gasteiger partial charge in [-0.25, -0.2) is 0 Å². The van der Waals surface area contributed by atoms with Gasteiger partial charge in [-0.1, -0.05) is 27.7 Å². The predicted molar refractivity (Wildman–Crippen MR) is 59.7 cm³/mol. The molecule has 0 aromatic carbocycles. The smallest absolute Gasteiger partial charge is 0.145 e. The number of hydrogen-bond donors (Lipinski definition) is 0. The highest BCUT2D eigenvalue weighted by atomic mass is 16.5. The summed E-state index contributed by atoms with van der Waals surface area (Å²) in [6, 6.07) is 0. The molecule has 88 valence electrons. The van der Waals surface area contributed by atoms with E-state index in [4.69, 9.17) is 4.74 Å². The number of ketones is 2. The predicted octanol–water partition coefficient (Wildman–Crippen LogP) is 2.23. The molecule has 0 spiro atoms. The molecule has 0 unspecified atom stereocenters. The highest BCUT2D eigenvalue weighted by molar-refractivity contribution is 6.02. The number of hydrogen-bond acceptors (Lipinski definition) is 3. The molecule has 0 radical (unpaired) electrons. The maximum absolute atomic E-state index is 11.8. The van der Waals surface area contributed by atoms with Gasteiger partial charge in [-0.05, 0) is 6.42 Å². The summed E-state index contributed by atoms with van der Waals surface area (Å²) in [6.07, 6.45) is 0.710. The van der Waals surface area contributed by atoms with E-state index < -0.39 is 5.41 Å². The van der Waals surface area contributed by atoms with Crippen LogP contribution in [-0.2, 0) is 14.3 Å². The summed E-state index contributed by atoms with van der Waals surface area (Å²) < 4.78 is 4.94. The van der Waals surface area contributed by atoms with Crippen molar-refractivity contribution in [1.29, 1.82) is 0 Å². The van der Waals surface area contributed by atoms with E-state index >= 15 is 0 Å². The maximum atomic E-state index is 11.8. The van der Waals surface area contributed by atoms with E-state index in [1.807, 2.05) is 27.7 Å². The lowest BCUT2D eigenvalue weighted by molar-refractivity contribution is -0.134. The molecule has 0 aliphatic heterocycles. The average molecular weight is 214 g/mol. The molecule has 0 rings (SSSR count). The molecule has 0 aliphatic rings. The van der Waals surface area contributed by atoms with Crippen LogP contribution >= 0.6 is 0 Å². The van der Waals surface area contributed by atoms with Crippen molar-refractivity contribution in [2.75, 3.05) is 13.7 Å². The average Bonchev–Trinajstić information content (AvgIpc) is 2.14. The summed E-state index contributed by atoms with van der Waals surface area (Å²) in [5, 5.41) is 0. The summed E-state index contributed by atoms with van der Waals surface area (Å²) >= 11 is 0. The van der Waals surface area contributed by atoms with Crippen molar-refractivity contribution < 1.29 is 14.3 Å². The minimum atomic E-state index is -0.458. The monoisotopic (exact) mass is 214 g/mol. The Hall–Kier alpha value is -0.700. The fourth-order valence-electron chi connectivity index (χ4n) is 1.10. The van der Waals surface area contributed by atoms with Crippen molar-refractivity contribution in [2.45, 2.75) is 40.5 Å². The van der Waals surface area contributed by atoms with Gasteiger partial charge in [0.05, 0.1) is 6.42 Å². The van der Waals surface area contributed by atoms with Crippen LogP contribution in [0.5, 0.6) is 0 Å². The molecule has 15 heavy (non-hydrogen) atoms. The van der Waals surface area contributed by atoms with Crippen LogP contribution in [-0.4, -0.2) is 25.3 Å². The third-order valence-corrected chi connectivity index (χ3v) is 2.66. The zero-order valence-corrected chi connectivity index (χ0v) is 10.4. The molecule has 3 nitrogen and oxygen atoms in total. The summed E-state index contributed by atoms with van der Waals surface area (Å²) in [4.78, 5) is 23.2. The maximum Gasteiger partial charge on any atom is 0.145 e. The fraction of sp³-hybridized carbons (Fsp3) is 0.833. The normalized spacial score (nSPS) is 11.9. The first kappa shape index (κ1) is 14.3. The minimum absolute atomic E-state index is 0.0123. The van der Waals surface area contributed by atoms with Crippen LogP contribution in [0, 0.1) is 11.3 Å². The van der Waals surface area contributed by atoms with Gasteiger partial charge in [-0.3, -0.25) is 9.59 Å². The second-order valence-corrected chi connectivity index (χ2v) is 4.85. The van der Waals surface area contributed by atoms with E-state index in [0.717, 1.165) is 0 Å². The molecule has 0 amide bonds. The first-order valence-electron chi connectivity index (χ1n) is 5.36. The van der Waals surface area contributed by atoms with E-state index in [9.17, 15) is 9.59 Å². The van der Waals surface area contributed by atoms with Gasteiger partial charge < -0.3 is 4.74 Å². The third kappa shape index (κ3) is 5.07. The van der Waals surface area contributed by atoms with Crippen LogP contribution in [0.25, 0.3) is 0 Å². The molecule has 0 saturated carbocycles. The number of ether oxygens (including phenoxy) is 1. The standard InChI is InChI=1S/C12H22O3/c1-9(2)10(13)8-11(14)12(3,4)6-7-15-5/h9H,6-8H2,1-5H3. The Labute approximate surface area is 92.2 Å². The Balaban J connectivity index is 4.24. The van der Waals surface area contributed by atoms with Crippen LogP contribution in [0.15, 0.2) is 0 Å². The van der Waals surface area contributed by atoms with Gasteiger partial charge in [-0.2, -0.15) is 0 Å². The van der Waals surface area contributed by atoms with Gasteiger partial charge in [0, 0.05) is 25.0 Å². The molecule has 0 bridgehead atoms. The number of carbonyl (C=O) groups excluding carboxylic acids is 2. The Bertz CT molecular complexity index is 229. The first-order valence-corrected chi connectivity index (χ1v) is 5.36. The van der Waals surface area contributed by atoms with Crippen molar-refractivity contribution in [3.63, 3.8) is 0 Å². The van der Waals surface area contributed by atoms with Crippen molar-refractivity contribution in [3.05, 3.63) is 0 Å². The molecule has 0 heterocycles. The molecule has 0 aromatic rings. The molecule has 0 aromatic heterocycles. The molecule has 3 heteroatoms. The van der Waals surface area contributed by atoms with Gasteiger partial charge in [0.1, 0.15) is 11.6 Å². The van der Waals surface area contributed by atoms with Crippen LogP contribution in [0.1, 0.15) is 40.5 Å². The molecule has 0 saturated heterocycles. The summed E-state index contributed by atoms with van der Waals surface area (Å²) in [7, 11) is 1.61. The molecule has 0 N–H and O–H groups in total. The molecular weight excluding hydrogens is 192 g/mol. The van der Waals surface area contributed by atoms with Crippen LogP contribution in [0.4, 0.5) is 0 Å². The van der Waals surface area contributed by atoms with Crippen LogP contribution in [0.2, 0.25) is 0 Å². The van der Waals surface area contributed by atoms with E-state index in [1.54, 1.807) is 7.11 Å². The topological polar surface area (TPSA) is 43.4 Å². The van der Waals surface area contributed by atoms with E-state index in [1.165, 1.54) is 0 Å². The highest BCUT2D eigenvalue weighted by Crippen LogP contribution is 2.24. The van der Waals surface area contributed by atoms with Gasteiger partial charge in [0.2, 0.25) is 0 Å². The molecule has 0 aliphatic carbocycles.